The third-order valence-corrected chi connectivity index (χ3v) is 6.90. The number of hydrogen-bond acceptors (Lipinski definition) is 13. The number of amidine groups is 2. The summed E-state index contributed by atoms with van der Waals surface area (Å²) >= 11 is 0. The molecule has 0 amide bonds. The summed E-state index contributed by atoms with van der Waals surface area (Å²) in [5.41, 5.74) is -0.886. The van der Waals surface area contributed by atoms with Crippen LogP contribution in [0.15, 0.2) is 52.7 Å². The first-order valence-corrected chi connectivity index (χ1v) is 16.5. The van der Waals surface area contributed by atoms with Crippen molar-refractivity contribution in [3.8, 4) is 24.3 Å². The molecule has 266 valence electrons. The Kier molecular flexibility index (Phi) is 10.6. The van der Waals surface area contributed by atoms with Crippen LogP contribution >= 0.6 is 0 Å². The van der Waals surface area contributed by atoms with Gasteiger partial charge in [0.05, 0.1) is 61.9 Å². The normalized spacial score (nSPS) is 17.2. The van der Waals surface area contributed by atoms with Gasteiger partial charge in [0, 0.05) is 34.4 Å². The second-order valence-corrected chi connectivity index (χ2v) is 16.3. The number of nitriles is 4. The van der Waals surface area contributed by atoms with Gasteiger partial charge in [-0.2, -0.15) is 21.0 Å². The van der Waals surface area contributed by atoms with Gasteiger partial charge in [-0.1, -0.05) is 0 Å². The molecule has 0 radical (unpaired) electrons. The van der Waals surface area contributed by atoms with Crippen molar-refractivity contribution in [2.75, 3.05) is 10.6 Å². The van der Waals surface area contributed by atoms with E-state index in [0.29, 0.717) is 5.69 Å². The van der Waals surface area contributed by atoms with E-state index in [2.05, 4.69) is 55.5 Å². The summed E-state index contributed by atoms with van der Waals surface area (Å²) in [7, 11) is 0. The Hall–Kier alpha value is -5.75. The fourth-order valence-electron chi connectivity index (χ4n) is 5.18. The van der Waals surface area contributed by atoms with E-state index in [0.717, 1.165) is 0 Å². The fourth-order valence-corrected chi connectivity index (χ4v) is 5.18. The Labute approximate surface area is 324 Å². The van der Waals surface area contributed by atoms with Crippen molar-refractivity contribution >= 4 is 69.2 Å². The molecule has 5 rings (SSSR count). The van der Waals surface area contributed by atoms with Gasteiger partial charge in [0.25, 0.3) is 0 Å². The maximum Gasteiger partial charge on any atom is 2.00 e. The van der Waals surface area contributed by atoms with Gasteiger partial charge < -0.3 is 51.2 Å². The van der Waals surface area contributed by atoms with E-state index in [-0.39, 0.29) is 108 Å². The van der Waals surface area contributed by atoms with E-state index >= 15 is 0 Å². The van der Waals surface area contributed by atoms with Crippen molar-refractivity contribution in [3.63, 3.8) is 0 Å². The molecular formula is C36H40MgN16. The topological polar surface area (TPSA) is 249 Å². The van der Waals surface area contributed by atoms with E-state index in [4.69, 9.17) is 30.0 Å². The minimum Gasteiger partial charge on any atom is -0.379 e. The summed E-state index contributed by atoms with van der Waals surface area (Å²) in [6, 6.07) is 8.82. The first-order chi connectivity index (χ1) is 24.0. The SMILES string of the molecule is CC(C)(C)N=C1C2=NC3=C(C#N)C(=NC(C)(C)C)C(=Nc4[n-]c(c(NC(C)(C)C)c4C#N)N=c4[nH]c(c(NC(C)(C)C)c4C#N)=NC(=C1C#N)[N-]2)N3.[Mg+2]. The molecule has 0 saturated heterocycles. The predicted octanol–water partition coefficient (Wildman–Crippen LogP) is 4.71. The monoisotopic (exact) mass is 720 g/mol. The first kappa shape index (κ1) is 40.0. The molecule has 3 aliphatic heterocycles. The Bertz CT molecular complexity index is 2370. The van der Waals surface area contributed by atoms with Crippen molar-refractivity contribution in [2.24, 2.45) is 30.0 Å². The summed E-state index contributed by atoms with van der Waals surface area (Å²) in [6.45, 7) is 22.7. The van der Waals surface area contributed by atoms with Crippen LogP contribution in [-0.2, 0) is 0 Å². The number of aromatic nitrogens is 2. The van der Waals surface area contributed by atoms with Crippen LogP contribution in [0.4, 0.5) is 23.0 Å². The van der Waals surface area contributed by atoms with Crippen LogP contribution < -0.4 is 31.9 Å². The molecule has 2 aromatic heterocycles. The van der Waals surface area contributed by atoms with Crippen LogP contribution in [0.5, 0.6) is 0 Å². The van der Waals surface area contributed by atoms with Crippen molar-refractivity contribution in [1.29, 1.82) is 21.0 Å². The van der Waals surface area contributed by atoms with E-state index in [9.17, 15) is 21.0 Å². The molecule has 2 aromatic rings. The first-order valence-electron chi connectivity index (χ1n) is 16.5. The number of fused-ring (bicyclic) bond motifs is 8. The zero-order chi connectivity index (χ0) is 38.6. The largest absolute Gasteiger partial charge is 2.00 e. The minimum atomic E-state index is -0.665. The smallest absolute Gasteiger partial charge is 0.379 e. The number of H-pyrrole nitrogens is 1. The zero-order valence-electron chi connectivity index (χ0n) is 32.1. The fraction of sp³-hybridized carbons (Fsp3) is 0.444. The average molecular weight is 721 g/mol. The van der Waals surface area contributed by atoms with E-state index < -0.39 is 22.2 Å². The van der Waals surface area contributed by atoms with Crippen LogP contribution in [0.1, 0.15) is 94.2 Å². The average Bonchev–Trinajstić information content (AvgIpc) is 3.67. The summed E-state index contributed by atoms with van der Waals surface area (Å²) < 4.78 is 0. The number of aromatic amines is 1. The second-order valence-electron chi connectivity index (χ2n) is 16.3. The quantitative estimate of drug-likeness (QED) is 0.316. The Morgan fingerprint density at radius 1 is 0.623 bits per heavy atom. The molecule has 5 heterocycles. The molecule has 17 heteroatoms. The molecule has 0 fully saturated rings. The van der Waals surface area contributed by atoms with Gasteiger partial charge in [-0.15, -0.1) is 0 Å². The molecule has 16 nitrogen and oxygen atoms in total. The second kappa shape index (κ2) is 14.0. The van der Waals surface area contributed by atoms with Crippen LogP contribution in [0.2, 0.25) is 0 Å². The summed E-state index contributed by atoms with van der Waals surface area (Å²) in [6.07, 6.45) is 0. The van der Waals surface area contributed by atoms with Crippen molar-refractivity contribution in [3.05, 3.63) is 50.2 Å². The standard InChI is InChI=1S/C36H40N16.Mg/c1-33(2,3)49-21-17(13-37)25-41-29(21)45-26-18(14-38)22(50-34(4,5)6)31(42-26)47-28-20(16-40)24(52-36(10,11)12)32(44-28)48-27-19(15-39)23(30(43-27)46-25)51-35(7,8)9;/h49-50H,1-12H3,(H2-,42,43,44,45,46,47,48);/q-2;+2. The number of rotatable bonds is 2. The molecule has 3 aliphatic rings. The molecule has 0 aromatic carbocycles. The van der Waals surface area contributed by atoms with Gasteiger partial charge in [-0.25, -0.2) is 0 Å². The van der Waals surface area contributed by atoms with E-state index in [1.165, 1.54) is 0 Å². The van der Waals surface area contributed by atoms with E-state index in [1.807, 2.05) is 83.1 Å². The molecule has 8 bridgehead atoms. The summed E-state index contributed by atoms with van der Waals surface area (Å²) in [5, 5.41) is 56.3. The van der Waals surface area contributed by atoms with Crippen LogP contribution in [0.25, 0.3) is 5.32 Å². The number of hydrogen-bond donors (Lipinski definition) is 4. The van der Waals surface area contributed by atoms with Crippen LogP contribution in [0, 0.1) is 45.3 Å². The molecule has 4 N–H and O–H groups in total. The maximum atomic E-state index is 10.5. The van der Waals surface area contributed by atoms with Gasteiger partial charge in [0.2, 0.25) is 0 Å². The maximum absolute atomic E-state index is 10.5. The Balaban J connectivity index is 0.00000627. The van der Waals surface area contributed by atoms with Gasteiger partial charge >= 0.3 is 23.1 Å². The van der Waals surface area contributed by atoms with Gasteiger partial charge in [0.15, 0.2) is 0 Å². The number of aliphatic imine (C=N–C) groups is 4. The molecule has 0 aliphatic carbocycles. The van der Waals surface area contributed by atoms with Crippen LogP contribution in [-0.4, -0.2) is 73.3 Å². The Morgan fingerprint density at radius 3 is 1.72 bits per heavy atom. The molecule has 0 atom stereocenters. The third kappa shape index (κ3) is 8.66. The molecule has 53 heavy (non-hydrogen) atoms. The molecule has 0 unspecified atom stereocenters. The zero-order valence-corrected chi connectivity index (χ0v) is 33.5. The van der Waals surface area contributed by atoms with Crippen LogP contribution in [0.3, 0.4) is 0 Å². The number of nitrogens with zero attached hydrogens (tertiary/aromatic N) is 12. The molecular weight excluding hydrogens is 681 g/mol. The van der Waals surface area contributed by atoms with Crippen molar-refractivity contribution in [1.82, 2.24) is 15.3 Å². The van der Waals surface area contributed by atoms with Gasteiger partial charge in [0.1, 0.15) is 41.1 Å². The molecule has 0 saturated carbocycles. The third-order valence-electron chi connectivity index (χ3n) is 6.90. The van der Waals surface area contributed by atoms with Gasteiger partial charge in [-0.3, -0.25) is 9.98 Å². The van der Waals surface area contributed by atoms with Crippen molar-refractivity contribution < 1.29 is 0 Å². The predicted molar refractivity (Wildman–Crippen MR) is 205 cm³/mol. The summed E-state index contributed by atoms with van der Waals surface area (Å²) in [4.78, 5) is 36.4. The Morgan fingerprint density at radius 2 is 1.19 bits per heavy atom. The minimum absolute atomic E-state index is 0. The summed E-state index contributed by atoms with van der Waals surface area (Å²) in [5.74, 6) is 0.248. The number of anilines is 2. The van der Waals surface area contributed by atoms with E-state index in [1.54, 1.807) is 0 Å². The molecule has 0 spiro atoms. The number of nitrogens with one attached hydrogen (secondary N) is 4. The van der Waals surface area contributed by atoms with Gasteiger partial charge in [-0.05, 0) is 83.1 Å². The van der Waals surface area contributed by atoms with Crippen molar-refractivity contribution in [2.45, 2.75) is 105 Å².